The Kier molecular flexibility index (Phi) is 5.98. The van der Waals surface area contributed by atoms with Gasteiger partial charge in [-0.25, -0.2) is 4.98 Å². The van der Waals surface area contributed by atoms with Crippen molar-refractivity contribution >= 4 is 23.4 Å². The van der Waals surface area contributed by atoms with E-state index in [4.69, 9.17) is 11.6 Å². The number of nitrogens with one attached hydrogen (secondary N) is 1. The van der Waals surface area contributed by atoms with E-state index in [-0.39, 0.29) is 23.0 Å². The molecule has 0 atom stereocenters. The average molecular weight is 340 g/mol. The number of carbonyl (C=O) groups excluding carboxylic acids is 2. The Hall–Kier alpha value is -2.03. The summed E-state index contributed by atoms with van der Waals surface area (Å²) in [6.07, 6.45) is -3.49. The van der Waals surface area contributed by atoms with Crippen LogP contribution in [0.15, 0.2) is 12.3 Å². The van der Waals surface area contributed by atoms with Crippen molar-refractivity contribution in [2.75, 3.05) is 27.2 Å². The SMILES string of the molecule is CNC(=O)CN(C)C(=O)c1cnc(OCC(F)(F)F)c(Cl)c1. The van der Waals surface area contributed by atoms with Crippen LogP contribution in [-0.2, 0) is 4.79 Å². The number of halogens is 4. The zero-order valence-electron chi connectivity index (χ0n) is 11.7. The highest BCUT2D eigenvalue weighted by Gasteiger charge is 2.29. The molecule has 0 aliphatic rings. The molecule has 1 aromatic heterocycles. The lowest BCUT2D eigenvalue weighted by Crippen LogP contribution is -2.36. The van der Waals surface area contributed by atoms with Crippen molar-refractivity contribution in [2.24, 2.45) is 0 Å². The standard InChI is InChI=1S/C12H13ClF3N3O3/c1-17-9(20)5-19(2)11(21)7-3-8(13)10(18-4-7)22-6-12(14,15)16/h3-4H,5-6H2,1-2H3,(H,17,20). The highest BCUT2D eigenvalue weighted by molar-refractivity contribution is 6.32. The van der Waals surface area contributed by atoms with Crippen molar-refractivity contribution in [1.82, 2.24) is 15.2 Å². The van der Waals surface area contributed by atoms with Gasteiger partial charge in [-0.05, 0) is 6.07 Å². The summed E-state index contributed by atoms with van der Waals surface area (Å²) in [6.45, 7) is -1.72. The Morgan fingerprint density at radius 3 is 2.59 bits per heavy atom. The molecular formula is C12H13ClF3N3O3. The molecule has 0 aromatic carbocycles. The lowest BCUT2D eigenvalue weighted by Gasteiger charge is -2.16. The molecule has 6 nitrogen and oxygen atoms in total. The van der Waals surface area contributed by atoms with Gasteiger partial charge in [0.15, 0.2) is 6.61 Å². The number of pyridine rings is 1. The van der Waals surface area contributed by atoms with E-state index >= 15 is 0 Å². The summed E-state index contributed by atoms with van der Waals surface area (Å²) in [7, 11) is 2.81. The summed E-state index contributed by atoms with van der Waals surface area (Å²) >= 11 is 5.74. The van der Waals surface area contributed by atoms with Crippen molar-refractivity contribution in [2.45, 2.75) is 6.18 Å². The first-order chi connectivity index (χ1) is 10.1. The molecular weight excluding hydrogens is 327 g/mol. The van der Waals surface area contributed by atoms with Crippen LogP contribution in [-0.4, -0.2) is 55.1 Å². The van der Waals surface area contributed by atoms with Crippen molar-refractivity contribution in [3.05, 3.63) is 22.8 Å². The second-order valence-electron chi connectivity index (χ2n) is 4.25. The summed E-state index contributed by atoms with van der Waals surface area (Å²) in [5, 5.41) is 2.12. The largest absolute Gasteiger partial charge is 0.467 e. The summed E-state index contributed by atoms with van der Waals surface area (Å²) in [5.41, 5.74) is 0.0239. The van der Waals surface area contributed by atoms with E-state index in [1.165, 1.54) is 14.1 Å². The number of nitrogens with zero attached hydrogens (tertiary/aromatic N) is 2. The summed E-state index contributed by atoms with van der Waals surface area (Å²) in [6, 6.07) is 1.13. The predicted molar refractivity (Wildman–Crippen MR) is 71.8 cm³/mol. The van der Waals surface area contributed by atoms with Crippen LogP contribution in [0.5, 0.6) is 5.88 Å². The van der Waals surface area contributed by atoms with Gasteiger partial charge in [0, 0.05) is 20.3 Å². The molecule has 122 valence electrons. The fourth-order valence-electron chi connectivity index (χ4n) is 1.39. The van der Waals surface area contributed by atoms with Gasteiger partial charge in [-0.1, -0.05) is 11.6 Å². The van der Waals surface area contributed by atoms with Gasteiger partial charge in [-0.3, -0.25) is 9.59 Å². The molecule has 22 heavy (non-hydrogen) atoms. The molecule has 0 unspecified atom stereocenters. The fourth-order valence-corrected chi connectivity index (χ4v) is 1.61. The number of ether oxygens (including phenoxy) is 1. The third kappa shape index (κ3) is 5.40. The number of alkyl halides is 3. The molecule has 0 fully saturated rings. The van der Waals surface area contributed by atoms with E-state index in [2.05, 4.69) is 15.0 Å². The van der Waals surface area contributed by atoms with Gasteiger partial charge in [0.2, 0.25) is 11.8 Å². The average Bonchev–Trinajstić information content (AvgIpc) is 2.43. The molecule has 1 aromatic rings. The first-order valence-corrected chi connectivity index (χ1v) is 6.33. The molecule has 10 heteroatoms. The zero-order valence-corrected chi connectivity index (χ0v) is 12.5. The Balaban J connectivity index is 2.80. The van der Waals surface area contributed by atoms with Crippen molar-refractivity contribution in [3.63, 3.8) is 0 Å². The summed E-state index contributed by atoms with van der Waals surface area (Å²) in [4.78, 5) is 27.9. The molecule has 1 rings (SSSR count). The molecule has 0 spiro atoms. The lowest BCUT2D eigenvalue weighted by molar-refractivity contribution is -0.154. The van der Waals surface area contributed by atoms with Gasteiger partial charge >= 0.3 is 6.18 Å². The Bertz CT molecular complexity index is 566. The van der Waals surface area contributed by atoms with Crippen LogP contribution in [0, 0.1) is 0 Å². The molecule has 2 amide bonds. The number of amides is 2. The maximum Gasteiger partial charge on any atom is 0.422 e. The smallest absolute Gasteiger partial charge is 0.422 e. The van der Waals surface area contributed by atoms with Crippen LogP contribution < -0.4 is 10.1 Å². The van der Waals surface area contributed by atoms with Crippen molar-refractivity contribution in [3.8, 4) is 5.88 Å². The van der Waals surface area contributed by atoms with Gasteiger partial charge in [0.05, 0.1) is 12.1 Å². The Labute approximate surface area is 129 Å². The molecule has 0 saturated carbocycles. The minimum absolute atomic E-state index is 0.0239. The fraction of sp³-hybridized carbons (Fsp3) is 0.417. The van der Waals surface area contributed by atoms with Crippen LogP contribution in [0.4, 0.5) is 13.2 Å². The highest BCUT2D eigenvalue weighted by Crippen LogP contribution is 2.25. The van der Waals surface area contributed by atoms with Crippen molar-refractivity contribution in [1.29, 1.82) is 0 Å². The van der Waals surface area contributed by atoms with E-state index < -0.39 is 24.6 Å². The second kappa shape index (κ2) is 7.30. The van der Waals surface area contributed by atoms with Crippen LogP contribution in [0.2, 0.25) is 5.02 Å². The Morgan fingerprint density at radius 2 is 2.09 bits per heavy atom. The van der Waals surface area contributed by atoms with Crippen molar-refractivity contribution < 1.29 is 27.5 Å². The minimum atomic E-state index is -4.52. The van der Waals surface area contributed by atoms with E-state index in [0.717, 1.165) is 17.2 Å². The minimum Gasteiger partial charge on any atom is -0.467 e. The molecule has 0 radical (unpaired) electrons. The summed E-state index contributed by atoms with van der Waals surface area (Å²) < 4.78 is 40.6. The van der Waals surface area contributed by atoms with Gasteiger partial charge < -0.3 is 15.0 Å². The van der Waals surface area contributed by atoms with Gasteiger partial charge in [0.25, 0.3) is 5.91 Å². The number of aromatic nitrogens is 1. The molecule has 0 bridgehead atoms. The van der Waals surface area contributed by atoms with Gasteiger partial charge in [0.1, 0.15) is 5.02 Å². The number of carbonyl (C=O) groups is 2. The topological polar surface area (TPSA) is 71.5 Å². The summed E-state index contributed by atoms with van der Waals surface area (Å²) in [5.74, 6) is -1.36. The highest BCUT2D eigenvalue weighted by atomic mass is 35.5. The third-order valence-electron chi connectivity index (χ3n) is 2.43. The van der Waals surface area contributed by atoms with E-state index in [0.29, 0.717) is 0 Å². The second-order valence-corrected chi connectivity index (χ2v) is 4.66. The molecule has 0 aliphatic carbocycles. The predicted octanol–water partition coefficient (Wildman–Crippen LogP) is 1.49. The van der Waals surface area contributed by atoms with E-state index in [1.54, 1.807) is 0 Å². The third-order valence-corrected chi connectivity index (χ3v) is 2.70. The number of rotatable bonds is 5. The number of hydrogen-bond acceptors (Lipinski definition) is 4. The maximum atomic E-state index is 12.0. The lowest BCUT2D eigenvalue weighted by atomic mass is 10.2. The van der Waals surface area contributed by atoms with Crippen LogP contribution >= 0.6 is 11.6 Å². The van der Waals surface area contributed by atoms with Gasteiger partial charge in [-0.15, -0.1) is 0 Å². The monoisotopic (exact) mass is 339 g/mol. The molecule has 1 heterocycles. The number of likely N-dealkylation sites (N-methyl/N-ethyl adjacent to an activating group) is 2. The first kappa shape index (κ1) is 18.0. The molecule has 0 saturated heterocycles. The Morgan fingerprint density at radius 1 is 1.45 bits per heavy atom. The van der Waals surface area contributed by atoms with Crippen LogP contribution in [0.25, 0.3) is 0 Å². The van der Waals surface area contributed by atoms with Gasteiger partial charge in [-0.2, -0.15) is 13.2 Å². The number of hydrogen-bond donors (Lipinski definition) is 1. The maximum absolute atomic E-state index is 12.0. The van der Waals surface area contributed by atoms with E-state index in [1.807, 2.05) is 0 Å². The first-order valence-electron chi connectivity index (χ1n) is 5.95. The van der Waals surface area contributed by atoms with Crippen LogP contribution in [0.3, 0.4) is 0 Å². The van der Waals surface area contributed by atoms with E-state index in [9.17, 15) is 22.8 Å². The quantitative estimate of drug-likeness (QED) is 0.882. The molecule has 0 aliphatic heterocycles. The molecule has 1 N–H and O–H groups in total. The van der Waals surface area contributed by atoms with Crippen LogP contribution in [0.1, 0.15) is 10.4 Å². The zero-order chi connectivity index (χ0) is 16.9. The normalized spacial score (nSPS) is 11.0.